The molecule has 0 heterocycles. The molecule has 0 spiro atoms. The lowest BCUT2D eigenvalue weighted by atomic mass is 10.1. The zero-order valence-corrected chi connectivity index (χ0v) is 8.46. The van der Waals surface area contributed by atoms with Gasteiger partial charge in [0, 0.05) is 0 Å². The van der Waals surface area contributed by atoms with Crippen LogP contribution in [0.15, 0.2) is 12.1 Å². The molecule has 0 saturated heterocycles. The third-order valence-electron chi connectivity index (χ3n) is 1.59. The van der Waals surface area contributed by atoms with Crippen molar-refractivity contribution in [1.82, 2.24) is 0 Å². The minimum atomic E-state index is -6.13. The number of alkyl halides is 7. The molecule has 19 heavy (non-hydrogen) atoms. The molecule has 114 valence electrons. The molecule has 0 aliphatic heterocycles. The smallest absolute Gasteiger partial charge is 0.376 e. The molecule has 0 amide bonds. The van der Waals surface area contributed by atoms with Crippen LogP contribution >= 0.6 is 0 Å². The summed E-state index contributed by atoms with van der Waals surface area (Å²) in [5.41, 5.74) is 0. The predicted octanol–water partition coefficient (Wildman–Crippen LogP) is 3.84. The van der Waals surface area contributed by atoms with E-state index in [1.807, 2.05) is 0 Å². The van der Waals surface area contributed by atoms with Gasteiger partial charge in [-0.05, 0) is 0 Å². The van der Waals surface area contributed by atoms with Crippen LogP contribution in [0.3, 0.4) is 0 Å². The minimum Gasteiger partial charge on any atom is -0.430 e. The maximum absolute atomic E-state index is 12.8. The molecule has 0 N–H and O–H groups in total. The summed E-state index contributed by atoms with van der Waals surface area (Å²) >= 11 is 0. The fraction of sp³-hybridized carbons (Fsp3) is 0.714. The Morgan fingerprint density at radius 3 is 1.74 bits per heavy atom. The van der Waals surface area contributed by atoms with Gasteiger partial charge in [-0.1, -0.05) is 0 Å². The maximum Gasteiger partial charge on any atom is 0.376 e. The number of rotatable bonds is 7. The van der Waals surface area contributed by atoms with Gasteiger partial charge in [-0.15, -0.1) is 0 Å². The summed E-state index contributed by atoms with van der Waals surface area (Å²) in [5, 5.41) is 0. The van der Waals surface area contributed by atoms with Gasteiger partial charge in [0.25, 0.3) is 6.29 Å². The molecule has 0 aromatic rings. The number of halogens is 10. The standard InChI is InChI=1S/C7H4F10O2/c8-1-18-5(19-3(11)2(9)10)7(16,17)6(14,15)4(12)13/h4-5H,1H2. The number of hydrogen-bond acceptors (Lipinski definition) is 2. The highest BCUT2D eigenvalue weighted by Crippen LogP contribution is 2.43. The zero-order valence-electron chi connectivity index (χ0n) is 8.46. The molecular weight excluding hydrogens is 306 g/mol. The van der Waals surface area contributed by atoms with E-state index >= 15 is 0 Å². The molecule has 0 bridgehead atoms. The van der Waals surface area contributed by atoms with E-state index in [2.05, 4.69) is 9.47 Å². The Bertz CT molecular complexity index is 324. The molecule has 1 atom stereocenters. The largest absolute Gasteiger partial charge is 0.430 e. The van der Waals surface area contributed by atoms with Crippen molar-refractivity contribution >= 4 is 0 Å². The summed E-state index contributed by atoms with van der Waals surface area (Å²) in [7, 11) is 0. The molecule has 12 heteroatoms. The van der Waals surface area contributed by atoms with E-state index < -0.39 is 43.5 Å². The monoisotopic (exact) mass is 310 g/mol. The maximum atomic E-state index is 12.8. The third-order valence-corrected chi connectivity index (χ3v) is 1.59. The Kier molecular flexibility index (Phi) is 5.90. The Morgan fingerprint density at radius 1 is 0.947 bits per heavy atom. The van der Waals surface area contributed by atoms with Crippen LogP contribution in [-0.2, 0) is 9.47 Å². The highest BCUT2D eigenvalue weighted by Gasteiger charge is 2.69. The second-order valence-electron chi connectivity index (χ2n) is 2.81. The molecule has 0 aliphatic carbocycles. The second kappa shape index (κ2) is 6.30. The van der Waals surface area contributed by atoms with Crippen molar-refractivity contribution in [2.45, 2.75) is 24.6 Å². The normalized spacial score (nSPS) is 14.5. The van der Waals surface area contributed by atoms with Crippen molar-refractivity contribution in [3.05, 3.63) is 12.1 Å². The lowest BCUT2D eigenvalue weighted by molar-refractivity contribution is -0.352. The van der Waals surface area contributed by atoms with E-state index in [1.165, 1.54) is 0 Å². The average molecular weight is 310 g/mol. The van der Waals surface area contributed by atoms with Crippen LogP contribution in [0, 0.1) is 0 Å². The summed E-state index contributed by atoms with van der Waals surface area (Å²) in [6.45, 7) is -2.30. The van der Waals surface area contributed by atoms with Crippen molar-refractivity contribution in [1.29, 1.82) is 0 Å². The van der Waals surface area contributed by atoms with Gasteiger partial charge < -0.3 is 9.47 Å². The molecule has 1 unspecified atom stereocenters. The third kappa shape index (κ3) is 3.88. The van der Waals surface area contributed by atoms with E-state index in [9.17, 15) is 43.9 Å². The van der Waals surface area contributed by atoms with E-state index in [1.54, 1.807) is 0 Å². The molecule has 0 radical (unpaired) electrons. The first-order chi connectivity index (χ1) is 8.48. The molecular formula is C7H4F10O2. The van der Waals surface area contributed by atoms with Gasteiger partial charge in [-0.2, -0.15) is 30.7 Å². The van der Waals surface area contributed by atoms with Crippen LogP contribution in [0.25, 0.3) is 0 Å². The van der Waals surface area contributed by atoms with Gasteiger partial charge in [0.1, 0.15) is 0 Å². The topological polar surface area (TPSA) is 18.5 Å². The quantitative estimate of drug-likeness (QED) is 0.404. The minimum absolute atomic E-state index is 2.30. The molecule has 0 aromatic carbocycles. The van der Waals surface area contributed by atoms with E-state index in [0.717, 1.165) is 0 Å². The summed E-state index contributed by atoms with van der Waals surface area (Å²) in [4.78, 5) is 0. The van der Waals surface area contributed by atoms with Crippen LogP contribution in [0.5, 0.6) is 0 Å². The van der Waals surface area contributed by atoms with Gasteiger partial charge in [0.2, 0.25) is 0 Å². The predicted molar refractivity (Wildman–Crippen MR) is 38.2 cm³/mol. The molecule has 0 saturated carbocycles. The molecule has 2 nitrogen and oxygen atoms in total. The van der Waals surface area contributed by atoms with Crippen LogP contribution in [0.4, 0.5) is 43.9 Å². The van der Waals surface area contributed by atoms with E-state index in [-0.39, 0.29) is 0 Å². The van der Waals surface area contributed by atoms with Crippen molar-refractivity contribution < 1.29 is 53.4 Å². The Hall–Kier alpha value is -1.20. The van der Waals surface area contributed by atoms with Crippen LogP contribution in [-0.4, -0.2) is 31.4 Å². The van der Waals surface area contributed by atoms with Gasteiger partial charge >= 0.3 is 30.4 Å². The van der Waals surface area contributed by atoms with Crippen LogP contribution in [0.2, 0.25) is 0 Å². The second-order valence-corrected chi connectivity index (χ2v) is 2.81. The summed E-state index contributed by atoms with van der Waals surface area (Å²) < 4.78 is 127. The van der Waals surface area contributed by atoms with E-state index in [4.69, 9.17) is 0 Å². The first-order valence-electron chi connectivity index (χ1n) is 4.07. The average Bonchev–Trinajstić information content (AvgIpc) is 2.27. The Balaban J connectivity index is 5.33. The fourth-order valence-corrected chi connectivity index (χ4v) is 0.711. The molecule has 0 fully saturated rings. The lowest BCUT2D eigenvalue weighted by Crippen LogP contribution is -2.55. The van der Waals surface area contributed by atoms with Crippen molar-refractivity contribution in [2.75, 3.05) is 6.86 Å². The van der Waals surface area contributed by atoms with Crippen LogP contribution < -0.4 is 0 Å². The van der Waals surface area contributed by atoms with Gasteiger partial charge in [0.05, 0.1) is 0 Å². The fourth-order valence-electron chi connectivity index (χ4n) is 0.711. The highest BCUT2D eigenvalue weighted by atomic mass is 19.3. The Labute approximate surface area is 98.1 Å². The van der Waals surface area contributed by atoms with Crippen LogP contribution in [0.1, 0.15) is 0 Å². The van der Waals surface area contributed by atoms with Crippen molar-refractivity contribution in [2.24, 2.45) is 0 Å². The zero-order chi connectivity index (χ0) is 15.4. The van der Waals surface area contributed by atoms with Gasteiger partial charge in [-0.3, -0.25) is 0 Å². The summed E-state index contributed by atoms with van der Waals surface area (Å²) in [6.07, 6.45) is -12.3. The molecule has 0 aromatic heterocycles. The number of hydrogen-bond donors (Lipinski definition) is 0. The SMILES string of the molecule is FCOC(OC(F)=C(F)F)C(F)(F)C(F)(F)C(F)F. The first kappa shape index (κ1) is 17.8. The molecule has 0 aliphatic rings. The Morgan fingerprint density at radius 2 is 1.42 bits per heavy atom. The van der Waals surface area contributed by atoms with Crippen molar-refractivity contribution in [3.63, 3.8) is 0 Å². The van der Waals surface area contributed by atoms with Gasteiger partial charge in [0.15, 0.2) is 6.86 Å². The highest BCUT2D eigenvalue weighted by molar-refractivity contribution is 4.92. The lowest BCUT2D eigenvalue weighted by Gasteiger charge is -2.30. The summed E-state index contributed by atoms with van der Waals surface area (Å²) in [5.74, 6) is -12.1. The summed E-state index contributed by atoms with van der Waals surface area (Å²) in [6, 6.07) is -3.09. The first-order valence-corrected chi connectivity index (χ1v) is 4.07. The van der Waals surface area contributed by atoms with Gasteiger partial charge in [-0.25, -0.2) is 13.2 Å². The number of ether oxygens (including phenoxy) is 2. The van der Waals surface area contributed by atoms with E-state index in [0.29, 0.717) is 0 Å². The molecule has 0 rings (SSSR count). The van der Waals surface area contributed by atoms with Crippen molar-refractivity contribution in [3.8, 4) is 0 Å².